The van der Waals surface area contributed by atoms with Crippen LogP contribution in [0.2, 0.25) is 0 Å². The van der Waals surface area contributed by atoms with Gasteiger partial charge >= 0.3 is 12.0 Å². The molecule has 2 aromatic rings. The van der Waals surface area contributed by atoms with Crippen molar-refractivity contribution in [2.75, 3.05) is 11.9 Å². The molecule has 0 fully saturated rings. The van der Waals surface area contributed by atoms with Crippen molar-refractivity contribution in [3.8, 4) is 5.69 Å². The summed E-state index contributed by atoms with van der Waals surface area (Å²) < 4.78 is 6.64. The second-order valence-electron chi connectivity index (χ2n) is 3.97. The number of nitrogens with zero attached hydrogens (tertiary/aromatic N) is 2. The van der Waals surface area contributed by atoms with Gasteiger partial charge in [0.05, 0.1) is 16.8 Å². The van der Waals surface area contributed by atoms with Gasteiger partial charge in [-0.05, 0) is 35.0 Å². The molecule has 0 unspecified atom stereocenters. The molecule has 0 saturated carbocycles. The summed E-state index contributed by atoms with van der Waals surface area (Å²) in [6.07, 6.45) is 0. The van der Waals surface area contributed by atoms with E-state index in [0.29, 0.717) is 10.2 Å². The largest absolute Gasteiger partial charge is 0.461 e. The van der Waals surface area contributed by atoms with Crippen molar-refractivity contribution in [2.45, 2.75) is 6.92 Å². The minimum atomic E-state index is -0.761. The maximum Gasteiger partial charge on any atom is 0.360 e. The first-order chi connectivity index (χ1) is 10.0. The molecule has 7 nitrogen and oxygen atoms in total. The average Bonchev–Trinajstić information content (AvgIpc) is 2.77. The van der Waals surface area contributed by atoms with E-state index in [9.17, 15) is 9.59 Å². The molecule has 0 radical (unpaired) electrons. The minimum absolute atomic E-state index is 0.0597. The molecule has 0 atom stereocenters. The van der Waals surface area contributed by atoms with Crippen LogP contribution < -0.4 is 11.1 Å². The Morgan fingerprint density at radius 1 is 1.38 bits per heavy atom. The summed E-state index contributed by atoms with van der Waals surface area (Å²) >= 11 is 3.24. The maximum atomic E-state index is 11.9. The van der Waals surface area contributed by atoms with E-state index in [1.807, 2.05) is 18.2 Å². The van der Waals surface area contributed by atoms with Gasteiger partial charge in [-0.2, -0.15) is 5.10 Å². The van der Waals surface area contributed by atoms with Crippen molar-refractivity contribution in [3.05, 3.63) is 40.5 Å². The zero-order chi connectivity index (χ0) is 15.4. The molecule has 0 aliphatic carbocycles. The Bertz CT molecular complexity index is 670. The number of carbonyl (C=O) groups is 2. The van der Waals surface area contributed by atoms with Gasteiger partial charge < -0.3 is 10.5 Å². The van der Waals surface area contributed by atoms with Crippen LogP contribution in [0.15, 0.2) is 34.8 Å². The lowest BCUT2D eigenvalue weighted by Crippen LogP contribution is -2.21. The van der Waals surface area contributed by atoms with Crippen LogP contribution in [0.3, 0.4) is 0 Å². The van der Waals surface area contributed by atoms with Crippen molar-refractivity contribution in [3.63, 3.8) is 0 Å². The second kappa shape index (κ2) is 6.40. The lowest BCUT2D eigenvalue weighted by molar-refractivity contribution is 0.0518. The fourth-order valence-corrected chi connectivity index (χ4v) is 2.22. The highest BCUT2D eigenvalue weighted by molar-refractivity contribution is 9.10. The van der Waals surface area contributed by atoms with Crippen molar-refractivity contribution in [1.29, 1.82) is 0 Å². The summed E-state index contributed by atoms with van der Waals surface area (Å²) in [6.45, 7) is 1.92. The number of halogens is 1. The van der Waals surface area contributed by atoms with Crippen molar-refractivity contribution >= 4 is 33.7 Å². The van der Waals surface area contributed by atoms with Crippen LogP contribution in [0.5, 0.6) is 0 Å². The summed E-state index contributed by atoms with van der Waals surface area (Å²) in [6, 6.07) is 8.26. The van der Waals surface area contributed by atoms with E-state index in [-0.39, 0.29) is 18.1 Å². The summed E-state index contributed by atoms with van der Waals surface area (Å²) in [5, 5.41) is 6.62. The SMILES string of the molecule is CCOC(=O)c1nn(-c2ccccc2)c(NC(N)=O)c1Br. The number of anilines is 1. The highest BCUT2D eigenvalue weighted by atomic mass is 79.9. The Morgan fingerprint density at radius 2 is 2.05 bits per heavy atom. The first-order valence-corrected chi connectivity index (χ1v) is 6.91. The predicted molar refractivity (Wildman–Crippen MR) is 80.4 cm³/mol. The highest BCUT2D eigenvalue weighted by Crippen LogP contribution is 2.29. The van der Waals surface area contributed by atoms with E-state index in [2.05, 4.69) is 26.3 Å². The summed E-state index contributed by atoms with van der Waals surface area (Å²) in [4.78, 5) is 23.0. The number of rotatable bonds is 4. The fraction of sp³-hybridized carbons (Fsp3) is 0.154. The van der Waals surface area contributed by atoms with Gasteiger partial charge in [-0.3, -0.25) is 5.32 Å². The number of nitrogens with one attached hydrogen (secondary N) is 1. The van der Waals surface area contributed by atoms with Crippen LogP contribution in [-0.4, -0.2) is 28.4 Å². The molecule has 8 heteroatoms. The first-order valence-electron chi connectivity index (χ1n) is 6.12. The Labute approximate surface area is 129 Å². The van der Waals surface area contributed by atoms with Gasteiger partial charge in [0.1, 0.15) is 0 Å². The minimum Gasteiger partial charge on any atom is -0.461 e. The summed E-state index contributed by atoms with van der Waals surface area (Å²) in [5.41, 5.74) is 5.88. The lowest BCUT2D eigenvalue weighted by Gasteiger charge is -2.07. The van der Waals surface area contributed by atoms with Crippen LogP contribution in [0.25, 0.3) is 5.69 Å². The molecule has 0 bridgehead atoms. The smallest absolute Gasteiger partial charge is 0.360 e. The van der Waals surface area contributed by atoms with Crippen LogP contribution in [-0.2, 0) is 4.74 Å². The summed E-state index contributed by atoms with van der Waals surface area (Å²) in [5.74, 6) is -0.330. The number of amides is 2. The van der Waals surface area contributed by atoms with Crippen molar-refractivity contribution in [1.82, 2.24) is 9.78 Å². The number of primary amides is 1. The third kappa shape index (κ3) is 3.22. The van der Waals surface area contributed by atoms with Crippen LogP contribution >= 0.6 is 15.9 Å². The zero-order valence-corrected chi connectivity index (χ0v) is 12.8. The molecule has 2 rings (SSSR count). The van der Waals surface area contributed by atoms with E-state index in [0.717, 1.165) is 0 Å². The molecule has 1 aromatic carbocycles. The molecule has 2 amide bonds. The first kappa shape index (κ1) is 15.0. The van der Waals surface area contributed by atoms with Gasteiger partial charge in [-0.25, -0.2) is 14.3 Å². The van der Waals surface area contributed by atoms with Crippen LogP contribution in [0.1, 0.15) is 17.4 Å². The van der Waals surface area contributed by atoms with Crippen molar-refractivity contribution < 1.29 is 14.3 Å². The number of ether oxygens (including phenoxy) is 1. The van der Waals surface area contributed by atoms with Gasteiger partial charge in [0.25, 0.3) is 0 Å². The molecule has 0 saturated heterocycles. The van der Waals surface area contributed by atoms with E-state index in [1.165, 1.54) is 4.68 Å². The van der Waals surface area contributed by atoms with Crippen molar-refractivity contribution in [2.24, 2.45) is 5.73 Å². The van der Waals surface area contributed by atoms with Crippen LogP contribution in [0.4, 0.5) is 10.6 Å². The van der Waals surface area contributed by atoms with Gasteiger partial charge in [0, 0.05) is 0 Å². The second-order valence-corrected chi connectivity index (χ2v) is 4.76. The zero-order valence-electron chi connectivity index (χ0n) is 11.2. The molecule has 1 aromatic heterocycles. The fourth-order valence-electron chi connectivity index (χ4n) is 1.71. The van der Waals surface area contributed by atoms with E-state index < -0.39 is 12.0 Å². The number of esters is 1. The molecule has 21 heavy (non-hydrogen) atoms. The Kier molecular flexibility index (Phi) is 4.59. The molecular formula is C13H13BrN4O3. The molecule has 0 spiro atoms. The van der Waals surface area contributed by atoms with E-state index >= 15 is 0 Å². The van der Waals surface area contributed by atoms with Crippen LogP contribution in [0, 0.1) is 0 Å². The highest BCUT2D eigenvalue weighted by Gasteiger charge is 2.23. The van der Waals surface area contributed by atoms with E-state index in [1.54, 1.807) is 19.1 Å². The number of aromatic nitrogens is 2. The number of carbonyl (C=O) groups excluding carboxylic acids is 2. The third-order valence-corrected chi connectivity index (χ3v) is 3.29. The van der Waals surface area contributed by atoms with Gasteiger partial charge in [0.2, 0.25) is 0 Å². The summed E-state index contributed by atoms with van der Waals surface area (Å²) in [7, 11) is 0. The molecule has 3 N–H and O–H groups in total. The quantitative estimate of drug-likeness (QED) is 0.824. The number of hydrogen-bond donors (Lipinski definition) is 2. The number of nitrogens with two attached hydrogens (primary N) is 1. The molecule has 1 heterocycles. The topological polar surface area (TPSA) is 99.2 Å². The molecule has 0 aliphatic heterocycles. The predicted octanol–water partition coefficient (Wildman–Crippen LogP) is 2.30. The number of benzene rings is 1. The normalized spacial score (nSPS) is 10.2. The number of urea groups is 1. The Hall–Kier alpha value is -2.35. The van der Waals surface area contributed by atoms with Gasteiger partial charge in [-0.15, -0.1) is 0 Å². The number of hydrogen-bond acceptors (Lipinski definition) is 4. The average molecular weight is 353 g/mol. The molecular weight excluding hydrogens is 340 g/mol. The Morgan fingerprint density at radius 3 is 2.62 bits per heavy atom. The Balaban J connectivity index is 2.55. The lowest BCUT2D eigenvalue weighted by atomic mass is 10.3. The maximum absolute atomic E-state index is 11.9. The van der Waals surface area contributed by atoms with Gasteiger partial charge in [0.15, 0.2) is 11.5 Å². The third-order valence-electron chi connectivity index (χ3n) is 2.54. The monoisotopic (exact) mass is 352 g/mol. The van der Waals surface area contributed by atoms with Gasteiger partial charge in [-0.1, -0.05) is 18.2 Å². The van der Waals surface area contributed by atoms with E-state index in [4.69, 9.17) is 10.5 Å². The molecule has 0 aliphatic rings. The molecule has 110 valence electrons. The number of para-hydroxylation sites is 1. The standard InChI is InChI=1S/C13H13BrN4O3/c1-2-21-12(19)10-9(14)11(16-13(15)20)18(17-10)8-6-4-3-5-7-8/h3-7H,2H2,1H3,(H3,15,16,20).